The predicted octanol–water partition coefficient (Wildman–Crippen LogP) is 5.42. The number of aliphatic hydroxyl groups excluding tert-OH is 1. The highest BCUT2D eigenvalue weighted by Gasteiger charge is 2.54. The monoisotopic (exact) mass is 476 g/mol. The van der Waals surface area contributed by atoms with Gasteiger partial charge in [-0.05, 0) is 61.2 Å². The van der Waals surface area contributed by atoms with E-state index in [-0.39, 0.29) is 28.9 Å². The van der Waals surface area contributed by atoms with Gasteiger partial charge in [0.05, 0.1) is 22.2 Å². The van der Waals surface area contributed by atoms with Gasteiger partial charge in [0.15, 0.2) is 11.0 Å². The van der Waals surface area contributed by atoms with E-state index < -0.39 is 11.0 Å². The number of nitrogens with one attached hydrogen (secondary N) is 1. The van der Waals surface area contributed by atoms with Gasteiger partial charge in [-0.2, -0.15) is 0 Å². The van der Waals surface area contributed by atoms with Crippen molar-refractivity contribution in [2.45, 2.75) is 36.1 Å². The van der Waals surface area contributed by atoms with Crippen LogP contribution >= 0.6 is 0 Å². The molecule has 0 aromatic heterocycles. The zero-order valence-corrected chi connectivity index (χ0v) is 19.6. The Labute approximate surface area is 200 Å². The van der Waals surface area contributed by atoms with Gasteiger partial charge in [-0.25, -0.2) is 8.60 Å². The summed E-state index contributed by atoms with van der Waals surface area (Å²) in [6.07, 6.45) is 1.97. The lowest BCUT2D eigenvalue weighted by molar-refractivity contribution is 0.0940. The van der Waals surface area contributed by atoms with Crippen LogP contribution in [0.1, 0.15) is 52.9 Å². The number of para-hydroxylation sites is 1. The maximum Gasteiger partial charge on any atom is 0.253 e. The van der Waals surface area contributed by atoms with Crippen LogP contribution in [0.2, 0.25) is 0 Å². The lowest BCUT2D eigenvalue weighted by Gasteiger charge is -2.22. The van der Waals surface area contributed by atoms with Crippen LogP contribution in [-0.4, -0.2) is 21.8 Å². The molecule has 2 atom stereocenters. The average molecular weight is 477 g/mol. The van der Waals surface area contributed by atoms with Gasteiger partial charge in [-0.3, -0.25) is 9.10 Å². The Morgan fingerprint density at radius 3 is 2.41 bits per heavy atom. The van der Waals surface area contributed by atoms with E-state index in [9.17, 15) is 18.5 Å². The molecular formula is C27H25FN2O3S. The SMILES string of the molecule is C=C(O)c1ccc(C(C)NC(=O)c2cccc3c2N(S(=O)c2ccc(F)cc2)CC32CC2)cc1. The van der Waals surface area contributed by atoms with Crippen molar-refractivity contribution in [2.24, 2.45) is 0 Å². The average Bonchev–Trinajstić information content (AvgIpc) is 3.55. The number of nitrogens with zero attached hydrogens (tertiary/aromatic N) is 1. The molecule has 1 fully saturated rings. The van der Waals surface area contributed by atoms with Gasteiger partial charge in [0.1, 0.15) is 11.6 Å². The van der Waals surface area contributed by atoms with Crippen LogP contribution in [0.4, 0.5) is 10.1 Å². The molecule has 1 saturated carbocycles. The first kappa shape index (κ1) is 22.3. The molecule has 0 saturated heterocycles. The molecule has 3 aromatic carbocycles. The molecule has 1 aliphatic heterocycles. The molecule has 174 valence electrons. The second-order valence-corrected chi connectivity index (χ2v) is 10.4. The minimum atomic E-state index is -1.56. The number of rotatable bonds is 6. The van der Waals surface area contributed by atoms with Crippen LogP contribution in [0.3, 0.4) is 0 Å². The van der Waals surface area contributed by atoms with Crippen LogP contribution < -0.4 is 9.62 Å². The van der Waals surface area contributed by atoms with Crippen LogP contribution in [0.15, 0.2) is 78.2 Å². The minimum absolute atomic E-state index is 0.00802. The lowest BCUT2D eigenvalue weighted by Crippen LogP contribution is -2.31. The van der Waals surface area contributed by atoms with Gasteiger partial charge in [0.25, 0.3) is 5.91 Å². The first-order chi connectivity index (χ1) is 16.3. The molecule has 34 heavy (non-hydrogen) atoms. The summed E-state index contributed by atoms with van der Waals surface area (Å²) in [6, 6.07) is 18.2. The highest BCUT2D eigenvalue weighted by Crippen LogP contribution is 2.58. The molecule has 0 bridgehead atoms. The van der Waals surface area contributed by atoms with E-state index in [1.807, 2.05) is 31.2 Å². The summed E-state index contributed by atoms with van der Waals surface area (Å²) < 4.78 is 28.7. The van der Waals surface area contributed by atoms with E-state index in [0.29, 0.717) is 28.3 Å². The number of halogens is 1. The molecule has 5 rings (SSSR count). The fourth-order valence-electron chi connectivity index (χ4n) is 4.58. The van der Waals surface area contributed by atoms with Crippen LogP contribution in [-0.2, 0) is 16.4 Å². The van der Waals surface area contributed by atoms with E-state index >= 15 is 0 Å². The fourth-order valence-corrected chi connectivity index (χ4v) is 5.93. The number of aliphatic hydroxyl groups is 1. The third kappa shape index (κ3) is 3.90. The van der Waals surface area contributed by atoms with Crippen LogP contribution in [0.5, 0.6) is 0 Å². The Hall–Kier alpha value is -3.45. The summed E-state index contributed by atoms with van der Waals surface area (Å²) in [6.45, 7) is 5.98. The van der Waals surface area contributed by atoms with Crippen molar-refractivity contribution in [3.63, 3.8) is 0 Å². The molecule has 1 aliphatic carbocycles. The number of carbonyl (C=O) groups is 1. The van der Waals surface area contributed by atoms with Gasteiger partial charge in [0, 0.05) is 17.5 Å². The van der Waals surface area contributed by atoms with Crippen molar-refractivity contribution in [3.8, 4) is 0 Å². The fraction of sp³-hybridized carbons (Fsp3) is 0.222. The molecular weight excluding hydrogens is 451 g/mol. The number of hydrogen-bond acceptors (Lipinski definition) is 3. The van der Waals surface area contributed by atoms with Gasteiger partial charge >= 0.3 is 0 Å². The standard InChI is InChI=1S/C27H25FN2O3S/c1-17(19-6-8-20(9-7-19)18(2)31)29-26(32)23-4-3-5-24-25(23)30(16-27(24)14-15-27)34(33)22-12-10-21(28)11-13-22/h3-13,17,31H,2,14-16H2,1H3,(H,29,32). The Kier molecular flexibility index (Phi) is 5.52. The third-order valence-electron chi connectivity index (χ3n) is 6.71. The second-order valence-electron chi connectivity index (χ2n) is 8.99. The molecule has 2 unspecified atom stereocenters. The number of hydrogen-bond donors (Lipinski definition) is 2. The molecule has 1 heterocycles. The molecule has 1 spiro atoms. The normalized spacial score (nSPS) is 17.2. The molecule has 2 N–H and O–H groups in total. The van der Waals surface area contributed by atoms with Crippen molar-refractivity contribution in [3.05, 3.63) is 101 Å². The number of benzene rings is 3. The summed E-state index contributed by atoms with van der Waals surface area (Å²) >= 11 is 0. The van der Waals surface area contributed by atoms with Crippen molar-refractivity contribution in [2.75, 3.05) is 10.8 Å². The predicted molar refractivity (Wildman–Crippen MR) is 131 cm³/mol. The molecule has 3 aromatic rings. The van der Waals surface area contributed by atoms with Gasteiger partial charge in [-0.15, -0.1) is 0 Å². The Bertz CT molecular complexity index is 1300. The summed E-state index contributed by atoms with van der Waals surface area (Å²) in [7, 11) is -1.56. The first-order valence-corrected chi connectivity index (χ1v) is 12.3. The van der Waals surface area contributed by atoms with Crippen molar-refractivity contribution in [1.29, 1.82) is 0 Å². The highest BCUT2D eigenvalue weighted by molar-refractivity contribution is 7.86. The van der Waals surface area contributed by atoms with Gasteiger partial charge in [-0.1, -0.05) is 43.0 Å². The number of carbonyl (C=O) groups excluding carboxylic acids is 1. The van der Waals surface area contributed by atoms with E-state index in [2.05, 4.69) is 11.9 Å². The quantitative estimate of drug-likeness (QED) is 0.467. The zero-order chi connectivity index (χ0) is 24.0. The number of fused-ring (bicyclic) bond motifs is 2. The zero-order valence-electron chi connectivity index (χ0n) is 18.8. The van der Waals surface area contributed by atoms with Gasteiger partial charge in [0.2, 0.25) is 0 Å². The number of anilines is 1. The Balaban J connectivity index is 1.45. The molecule has 7 heteroatoms. The van der Waals surface area contributed by atoms with E-state index in [1.54, 1.807) is 22.5 Å². The lowest BCUT2D eigenvalue weighted by atomic mass is 9.96. The Morgan fingerprint density at radius 2 is 1.79 bits per heavy atom. The maximum absolute atomic E-state index is 13.5. The topological polar surface area (TPSA) is 69.6 Å². The smallest absolute Gasteiger partial charge is 0.253 e. The van der Waals surface area contributed by atoms with Crippen molar-refractivity contribution < 1.29 is 18.5 Å². The van der Waals surface area contributed by atoms with Gasteiger partial charge < -0.3 is 10.4 Å². The number of amides is 1. The molecule has 1 amide bonds. The summed E-state index contributed by atoms with van der Waals surface area (Å²) in [4.78, 5) is 13.9. The van der Waals surface area contributed by atoms with E-state index in [1.165, 1.54) is 24.3 Å². The second kappa shape index (κ2) is 8.40. The molecule has 0 radical (unpaired) electrons. The summed E-state index contributed by atoms with van der Waals surface area (Å²) in [5.41, 5.74) is 3.65. The molecule has 5 nitrogen and oxygen atoms in total. The molecule has 2 aliphatic rings. The Morgan fingerprint density at radius 1 is 1.12 bits per heavy atom. The highest BCUT2D eigenvalue weighted by atomic mass is 32.2. The van der Waals surface area contributed by atoms with E-state index in [0.717, 1.165) is 24.0 Å². The third-order valence-corrected chi connectivity index (χ3v) is 8.10. The summed E-state index contributed by atoms with van der Waals surface area (Å²) in [5, 5.41) is 12.6. The first-order valence-electron chi connectivity index (χ1n) is 11.2. The van der Waals surface area contributed by atoms with Crippen LogP contribution in [0, 0.1) is 5.82 Å². The maximum atomic E-state index is 13.5. The van der Waals surface area contributed by atoms with Crippen LogP contribution in [0.25, 0.3) is 5.76 Å². The van der Waals surface area contributed by atoms with Crippen molar-refractivity contribution in [1.82, 2.24) is 5.32 Å². The largest absolute Gasteiger partial charge is 0.508 e. The minimum Gasteiger partial charge on any atom is -0.508 e. The van der Waals surface area contributed by atoms with Crippen molar-refractivity contribution >= 4 is 28.3 Å². The summed E-state index contributed by atoms with van der Waals surface area (Å²) in [5.74, 6) is -0.642. The van der Waals surface area contributed by atoms with E-state index in [4.69, 9.17) is 0 Å².